The highest BCUT2D eigenvalue weighted by Crippen LogP contribution is 2.68. The van der Waals surface area contributed by atoms with Gasteiger partial charge in [0.2, 0.25) is 0 Å². The van der Waals surface area contributed by atoms with Crippen LogP contribution in [0.3, 0.4) is 0 Å². The zero-order valence-electron chi connectivity index (χ0n) is 14.8. The zero-order chi connectivity index (χ0) is 18.1. The number of aliphatic hydroxyl groups is 1. The number of esters is 2. The van der Waals surface area contributed by atoms with Crippen LogP contribution in [0.25, 0.3) is 0 Å². The van der Waals surface area contributed by atoms with Gasteiger partial charge >= 0.3 is 11.9 Å². The SMILES string of the molecule is CC1CC(O)C23COC(=O)C2CCCC3C12CC(c1ccoc1)OC2=O. The summed E-state index contributed by atoms with van der Waals surface area (Å²) in [5.41, 5.74) is -0.450. The first kappa shape index (κ1) is 16.4. The third kappa shape index (κ3) is 1.81. The summed E-state index contributed by atoms with van der Waals surface area (Å²) >= 11 is 0. The van der Waals surface area contributed by atoms with Crippen molar-refractivity contribution in [3.8, 4) is 0 Å². The van der Waals surface area contributed by atoms with Crippen molar-refractivity contribution < 1.29 is 28.6 Å². The van der Waals surface area contributed by atoms with Crippen LogP contribution in [0.4, 0.5) is 0 Å². The van der Waals surface area contributed by atoms with Gasteiger partial charge in [0.15, 0.2) is 0 Å². The monoisotopic (exact) mass is 360 g/mol. The van der Waals surface area contributed by atoms with E-state index in [1.807, 2.05) is 13.0 Å². The van der Waals surface area contributed by atoms with Crippen molar-refractivity contribution in [2.24, 2.45) is 28.6 Å². The molecular formula is C20H24O6. The van der Waals surface area contributed by atoms with Crippen LogP contribution in [0.1, 0.15) is 50.7 Å². The molecule has 7 atom stereocenters. The van der Waals surface area contributed by atoms with E-state index in [1.165, 1.54) is 0 Å². The number of hydrogen-bond donors (Lipinski definition) is 1. The van der Waals surface area contributed by atoms with Crippen molar-refractivity contribution in [1.82, 2.24) is 0 Å². The van der Waals surface area contributed by atoms with Crippen LogP contribution in [0.5, 0.6) is 0 Å². The second kappa shape index (κ2) is 5.35. The smallest absolute Gasteiger partial charge is 0.313 e. The molecule has 3 heterocycles. The third-order valence-corrected chi connectivity index (χ3v) is 7.80. The Morgan fingerprint density at radius 3 is 2.88 bits per heavy atom. The zero-order valence-corrected chi connectivity index (χ0v) is 14.8. The Morgan fingerprint density at radius 2 is 2.12 bits per heavy atom. The number of furan rings is 1. The highest BCUT2D eigenvalue weighted by atomic mass is 16.6. The highest BCUT2D eigenvalue weighted by Gasteiger charge is 2.72. The Hall–Kier alpha value is -1.82. The predicted molar refractivity (Wildman–Crippen MR) is 88.6 cm³/mol. The number of carbonyl (C=O) groups is 2. The molecule has 6 heteroatoms. The maximum atomic E-state index is 13.2. The van der Waals surface area contributed by atoms with Crippen molar-refractivity contribution in [1.29, 1.82) is 0 Å². The standard InChI is InChI=1S/C20H24O6/c1-11-7-16(21)20-10-25-17(22)13(20)3-2-4-15(20)19(11)8-14(26-18(19)23)12-5-6-24-9-12/h5-6,9,11,13-16,21H,2-4,7-8,10H2,1H3. The van der Waals surface area contributed by atoms with E-state index < -0.39 is 16.9 Å². The molecule has 0 aromatic carbocycles. The summed E-state index contributed by atoms with van der Waals surface area (Å²) in [5, 5.41) is 11.0. The fourth-order valence-corrected chi connectivity index (χ4v) is 6.55. The van der Waals surface area contributed by atoms with Crippen LogP contribution >= 0.6 is 0 Å². The first-order chi connectivity index (χ1) is 12.5. The lowest BCUT2D eigenvalue weighted by Gasteiger charge is -2.58. The maximum Gasteiger partial charge on any atom is 0.313 e. The second-order valence-electron chi connectivity index (χ2n) is 8.60. The summed E-state index contributed by atoms with van der Waals surface area (Å²) in [4.78, 5) is 25.6. The lowest BCUT2D eigenvalue weighted by atomic mass is 9.43. The highest BCUT2D eigenvalue weighted by molar-refractivity contribution is 5.82. The number of cyclic esters (lactones) is 2. The molecule has 0 radical (unpaired) electrons. The molecule has 0 bridgehead atoms. The van der Waals surface area contributed by atoms with Crippen molar-refractivity contribution >= 4 is 11.9 Å². The van der Waals surface area contributed by atoms with Crippen LogP contribution in [0.15, 0.2) is 23.0 Å². The molecule has 140 valence electrons. The summed E-state index contributed by atoms with van der Waals surface area (Å²) in [7, 11) is 0. The van der Waals surface area contributed by atoms with Gasteiger partial charge in [-0.1, -0.05) is 13.3 Å². The molecule has 4 fully saturated rings. The van der Waals surface area contributed by atoms with Gasteiger partial charge in [0, 0.05) is 17.4 Å². The van der Waals surface area contributed by atoms with Crippen LogP contribution in [0, 0.1) is 28.6 Å². The van der Waals surface area contributed by atoms with Gasteiger partial charge in [-0.05, 0) is 37.2 Å². The molecule has 1 aromatic heterocycles. The average molecular weight is 360 g/mol. The van der Waals surface area contributed by atoms with E-state index in [-0.39, 0.29) is 42.4 Å². The summed E-state index contributed by atoms with van der Waals surface area (Å²) in [6.45, 7) is 2.26. The molecule has 2 aliphatic heterocycles. The van der Waals surface area contributed by atoms with Gasteiger partial charge in [-0.2, -0.15) is 0 Å². The van der Waals surface area contributed by atoms with E-state index in [2.05, 4.69) is 0 Å². The van der Waals surface area contributed by atoms with Gasteiger partial charge in [0.1, 0.15) is 12.7 Å². The second-order valence-corrected chi connectivity index (χ2v) is 8.60. The third-order valence-electron chi connectivity index (χ3n) is 7.80. The molecule has 6 nitrogen and oxygen atoms in total. The minimum absolute atomic E-state index is 0.00743. The molecule has 5 rings (SSSR count). The number of carbonyl (C=O) groups excluding carboxylic acids is 2. The van der Waals surface area contributed by atoms with E-state index >= 15 is 0 Å². The lowest BCUT2D eigenvalue weighted by Crippen LogP contribution is -2.63. The minimum Gasteiger partial charge on any atom is -0.472 e. The number of rotatable bonds is 1. The molecule has 2 aliphatic carbocycles. The first-order valence-electron chi connectivity index (χ1n) is 9.58. The van der Waals surface area contributed by atoms with Crippen LogP contribution in [0.2, 0.25) is 0 Å². The van der Waals surface area contributed by atoms with Gasteiger partial charge in [-0.3, -0.25) is 9.59 Å². The predicted octanol–water partition coefficient (Wildman–Crippen LogP) is 2.61. The minimum atomic E-state index is -0.673. The van der Waals surface area contributed by atoms with Gasteiger partial charge in [0.05, 0.1) is 30.0 Å². The normalized spacial score (nSPS) is 47.4. The molecule has 4 aliphatic rings. The number of hydrogen-bond acceptors (Lipinski definition) is 6. The topological polar surface area (TPSA) is 86.0 Å². The molecule has 1 N–H and O–H groups in total. The van der Waals surface area contributed by atoms with E-state index in [9.17, 15) is 14.7 Å². The summed E-state index contributed by atoms with van der Waals surface area (Å²) in [5.74, 6) is -0.805. The molecule has 2 saturated carbocycles. The lowest BCUT2D eigenvalue weighted by molar-refractivity contribution is -0.191. The Balaban J connectivity index is 1.60. The number of fused-ring (bicyclic) bond motifs is 1. The van der Waals surface area contributed by atoms with Gasteiger partial charge in [-0.15, -0.1) is 0 Å². The average Bonchev–Trinajstić information content (AvgIpc) is 3.33. The molecule has 2 spiro atoms. The van der Waals surface area contributed by atoms with E-state index in [0.717, 1.165) is 24.8 Å². The largest absolute Gasteiger partial charge is 0.472 e. The maximum absolute atomic E-state index is 13.2. The quantitative estimate of drug-likeness (QED) is 0.775. The molecule has 1 aromatic rings. The van der Waals surface area contributed by atoms with Crippen molar-refractivity contribution in [3.63, 3.8) is 0 Å². The van der Waals surface area contributed by atoms with Crippen molar-refractivity contribution in [2.75, 3.05) is 6.61 Å². The van der Waals surface area contributed by atoms with Crippen LogP contribution in [-0.4, -0.2) is 29.8 Å². The number of ether oxygens (including phenoxy) is 2. The van der Waals surface area contributed by atoms with Crippen LogP contribution < -0.4 is 0 Å². The van der Waals surface area contributed by atoms with E-state index in [4.69, 9.17) is 13.9 Å². The van der Waals surface area contributed by atoms with E-state index in [0.29, 0.717) is 12.8 Å². The Morgan fingerprint density at radius 1 is 1.27 bits per heavy atom. The number of aliphatic hydroxyl groups excluding tert-OH is 1. The molecule has 2 saturated heterocycles. The molecule has 7 unspecified atom stereocenters. The summed E-state index contributed by atoms with van der Waals surface area (Å²) in [6, 6.07) is 1.83. The van der Waals surface area contributed by atoms with Crippen LogP contribution in [-0.2, 0) is 19.1 Å². The van der Waals surface area contributed by atoms with Gasteiger partial charge in [0.25, 0.3) is 0 Å². The van der Waals surface area contributed by atoms with Gasteiger partial charge in [-0.25, -0.2) is 0 Å². The van der Waals surface area contributed by atoms with E-state index in [1.54, 1.807) is 12.5 Å². The Kier molecular flexibility index (Phi) is 3.36. The summed E-state index contributed by atoms with van der Waals surface area (Å²) < 4.78 is 16.4. The van der Waals surface area contributed by atoms with Crippen molar-refractivity contribution in [2.45, 2.75) is 51.2 Å². The first-order valence-corrected chi connectivity index (χ1v) is 9.58. The Bertz CT molecular complexity index is 741. The molecular weight excluding hydrogens is 336 g/mol. The van der Waals surface area contributed by atoms with Gasteiger partial charge < -0.3 is 19.0 Å². The fraction of sp³-hybridized carbons (Fsp3) is 0.700. The molecule has 26 heavy (non-hydrogen) atoms. The Labute approximate surface area is 151 Å². The fourth-order valence-electron chi connectivity index (χ4n) is 6.55. The van der Waals surface area contributed by atoms with Crippen molar-refractivity contribution in [3.05, 3.63) is 24.2 Å². The molecule has 0 amide bonds. The summed E-state index contributed by atoms with van der Waals surface area (Å²) in [6.07, 6.45) is 5.77.